The lowest BCUT2D eigenvalue weighted by atomic mass is 9.71. The Morgan fingerprint density at radius 2 is 1.89 bits per heavy atom. The van der Waals surface area contributed by atoms with Crippen LogP contribution in [0.5, 0.6) is 0 Å². The predicted octanol–water partition coefficient (Wildman–Crippen LogP) is 4.14. The molecule has 0 spiro atoms. The Balaban J connectivity index is 1.14. The van der Waals surface area contributed by atoms with Gasteiger partial charge in [0.15, 0.2) is 5.76 Å². The lowest BCUT2D eigenvalue weighted by Gasteiger charge is -2.34. The number of aliphatic imine (C=N–C) groups is 2. The van der Waals surface area contributed by atoms with Gasteiger partial charge in [0, 0.05) is 39.0 Å². The van der Waals surface area contributed by atoms with E-state index in [1.54, 1.807) is 33.7 Å². The van der Waals surface area contributed by atoms with Gasteiger partial charge < -0.3 is 14.2 Å². The van der Waals surface area contributed by atoms with Gasteiger partial charge in [-0.3, -0.25) is 14.4 Å². The van der Waals surface area contributed by atoms with Gasteiger partial charge in [0.05, 0.1) is 11.3 Å². The number of carbonyl (C=O) groups is 3. The first-order valence-corrected chi connectivity index (χ1v) is 13.2. The predicted molar refractivity (Wildman–Crippen MR) is 135 cm³/mol. The van der Waals surface area contributed by atoms with Crippen LogP contribution in [0.15, 0.2) is 43.3 Å². The summed E-state index contributed by atoms with van der Waals surface area (Å²) in [5.74, 6) is 0.804. The molecule has 5 rings (SSSR count). The van der Waals surface area contributed by atoms with E-state index >= 15 is 0 Å². The molecule has 4 heterocycles. The van der Waals surface area contributed by atoms with E-state index in [1.807, 2.05) is 0 Å². The van der Waals surface area contributed by atoms with Crippen molar-refractivity contribution >= 4 is 40.4 Å². The Hall–Kier alpha value is -2.68. The van der Waals surface area contributed by atoms with Crippen molar-refractivity contribution in [3.63, 3.8) is 0 Å². The molecule has 1 fully saturated rings. The van der Waals surface area contributed by atoms with Crippen molar-refractivity contribution in [2.24, 2.45) is 27.2 Å². The zero-order valence-corrected chi connectivity index (χ0v) is 21.4. The van der Waals surface area contributed by atoms with Gasteiger partial charge in [0.1, 0.15) is 11.8 Å². The first-order chi connectivity index (χ1) is 16.7. The second-order valence-corrected chi connectivity index (χ2v) is 11.9. The highest BCUT2D eigenvalue weighted by Crippen LogP contribution is 2.52. The van der Waals surface area contributed by atoms with Crippen molar-refractivity contribution in [1.29, 1.82) is 0 Å². The summed E-state index contributed by atoms with van der Waals surface area (Å²) < 4.78 is 5.19. The summed E-state index contributed by atoms with van der Waals surface area (Å²) in [7, 11) is 0. The number of amidine groups is 1. The molecule has 3 amide bonds. The van der Waals surface area contributed by atoms with Crippen LogP contribution in [-0.4, -0.2) is 64.6 Å². The van der Waals surface area contributed by atoms with Gasteiger partial charge in [0.2, 0.25) is 5.91 Å². The molecule has 4 aliphatic rings. The van der Waals surface area contributed by atoms with Gasteiger partial charge in [-0.05, 0) is 53.2 Å². The second-order valence-electron chi connectivity index (χ2n) is 10.8. The summed E-state index contributed by atoms with van der Waals surface area (Å²) in [4.78, 5) is 51.9. The fourth-order valence-corrected chi connectivity index (χ4v) is 6.70. The molecule has 0 radical (unpaired) electrons. The topological polar surface area (TPSA) is 95.6 Å². The minimum absolute atomic E-state index is 0.00270. The molecule has 3 aliphatic heterocycles. The van der Waals surface area contributed by atoms with E-state index in [-0.39, 0.29) is 35.5 Å². The minimum atomic E-state index is -0.296. The van der Waals surface area contributed by atoms with Crippen LogP contribution < -0.4 is 0 Å². The number of fused-ring (bicyclic) bond motifs is 2. The number of piperazine rings is 1. The second kappa shape index (κ2) is 9.41. The number of rotatable bonds is 4. The van der Waals surface area contributed by atoms with Crippen LogP contribution in [0.4, 0.5) is 0 Å². The molecule has 35 heavy (non-hydrogen) atoms. The molecule has 0 bridgehead atoms. The lowest BCUT2D eigenvalue weighted by Crippen LogP contribution is -2.50. The molecule has 1 aromatic rings. The summed E-state index contributed by atoms with van der Waals surface area (Å²) in [6.45, 7) is 8.76. The summed E-state index contributed by atoms with van der Waals surface area (Å²) in [6.07, 6.45) is 5.14. The van der Waals surface area contributed by atoms with E-state index in [1.165, 1.54) is 16.7 Å². The SMILES string of the molecule is CC(C)(C)C1CCC2=C(C1)SC1=NC(CCC(=O)N3CCN(C(=O)c4ccco4)CC3)=NC(=O)C12. The van der Waals surface area contributed by atoms with Gasteiger partial charge in [-0.15, -0.1) is 0 Å². The lowest BCUT2D eigenvalue weighted by molar-refractivity contribution is -0.132. The molecule has 1 aliphatic carbocycles. The van der Waals surface area contributed by atoms with E-state index in [4.69, 9.17) is 9.41 Å². The number of nitrogens with zero attached hydrogens (tertiary/aromatic N) is 4. The van der Waals surface area contributed by atoms with Gasteiger partial charge in [-0.25, -0.2) is 4.99 Å². The highest BCUT2D eigenvalue weighted by atomic mass is 32.2. The van der Waals surface area contributed by atoms with Crippen molar-refractivity contribution < 1.29 is 18.8 Å². The maximum atomic E-state index is 12.9. The van der Waals surface area contributed by atoms with E-state index in [0.717, 1.165) is 24.3 Å². The monoisotopic (exact) mass is 496 g/mol. The van der Waals surface area contributed by atoms with Gasteiger partial charge in [-0.2, -0.15) is 4.99 Å². The molecular weight excluding hydrogens is 464 g/mol. The third kappa shape index (κ3) is 4.87. The molecule has 0 N–H and O–H groups in total. The molecule has 2 unspecified atom stereocenters. The number of amides is 3. The highest BCUT2D eigenvalue weighted by molar-refractivity contribution is 8.17. The number of furan rings is 1. The fourth-order valence-electron chi connectivity index (χ4n) is 5.30. The molecule has 9 heteroatoms. The third-order valence-corrected chi connectivity index (χ3v) is 8.75. The van der Waals surface area contributed by atoms with Crippen LogP contribution in [0.2, 0.25) is 0 Å². The standard InChI is InChI=1S/C26H32N4O4S/c1-26(2,3)16-6-7-17-19(15-16)35-24-22(17)23(32)27-20(28-24)8-9-21(31)29-10-12-30(13-11-29)25(33)18-5-4-14-34-18/h4-5,14,16,22H,6-13,15H2,1-3H3. The van der Waals surface area contributed by atoms with Crippen molar-refractivity contribution in [2.45, 2.75) is 52.9 Å². The maximum Gasteiger partial charge on any atom is 0.289 e. The summed E-state index contributed by atoms with van der Waals surface area (Å²) in [5.41, 5.74) is 1.47. The van der Waals surface area contributed by atoms with Crippen molar-refractivity contribution in [2.75, 3.05) is 26.2 Å². The average Bonchev–Trinajstić information content (AvgIpc) is 3.49. The minimum Gasteiger partial charge on any atom is -0.459 e. The van der Waals surface area contributed by atoms with Crippen molar-refractivity contribution in [3.05, 3.63) is 34.6 Å². The Kier molecular flexibility index (Phi) is 6.46. The fraction of sp³-hybridized carbons (Fsp3) is 0.577. The van der Waals surface area contributed by atoms with E-state index < -0.39 is 0 Å². The van der Waals surface area contributed by atoms with Crippen molar-refractivity contribution in [1.82, 2.24) is 9.80 Å². The van der Waals surface area contributed by atoms with Gasteiger partial charge >= 0.3 is 0 Å². The summed E-state index contributed by atoms with van der Waals surface area (Å²) in [6, 6.07) is 3.34. The molecule has 1 saturated heterocycles. The van der Waals surface area contributed by atoms with E-state index in [9.17, 15) is 14.4 Å². The average molecular weight is 497 g/mol. The van der Waals surface area contributed by atoms with Crippen LogP contribution >= 0.6 is 11.8 Å². The van der Waals surface area contributed by atoms with Crippen LogP contribution in [-0.2, 0) is 9.59 Å². The molecule has 0 aromatic carbocycles. The van der Waals surface area contributed by atoms with Crippen LogP contribution in [0.25, 0.3) is 0 Å². The zero-order chi connectivity index (χ0) is 24.7. The van der Waals surface area contributed by atoms with Crippen molar-refractivity contribution in [3.8, 4) is 0 Å². The third-order valence-electron chi connectivity index (χ3n) is 7.54. The molecule has 0 saturated carbocycles. The Morgan fingerprint density at radius 3 is 2.57 bits per heavy atom. The normalized spacial score (nSPS) is 24.7. The maximum absolute atomic E-state index is 12.9. The molecule has 8 nitrogen and oxygen atoms in total. The Bertz CT molecular complexity index is 1120. The molecular formula is C26H32N4O4S. The summed E-state index contributed by atoms with van der Waals surface area (Å²) in [5, 5.41) is 0.845. The first-order valence-electron chi connectivity index (χ1n) is 12.4. The zero-order valence-electron chi connectivity index (χ0n) is 20.6. The number of allylic oxidation sites excluding steroid dienone is 1. The largest absolute Gasteiger partial charge is 0.459 e. The molecule has 1 aromatic heterocycles. The number of carbonyl (C=O) groups excluding carboxylic acids is 3. The van der Waals surface area contributed by atoms with Crippen LogP contribution in [0, 0.1) is 17.3 Å². The van der Waals surface area contributed by atoms with E-state index in [0.29, 0.717) is 50.1 Å². The van der Waals surface area contributed by atoms with Crippen LogP contribution in [0.3, 0.4) is 0 Å². The first kappa shape index (κ1) is 24.0. The number of hydrogen-bond acceptors (Lipinski definition) is 6. The quantitative estimate of drug-likeness (QED) is 0.624. The number of hydrogen-bond donors (Lipinski definition) is 0. The molecule has 186 valence electrons. The smallest absolute Gasteiger partial charge is 0.289 e. The Morgan fingerprint density at radius 1 is 1.14 bits per heavy atom. The van der Waals surface area contributed by atoms with Gasteiger partial charge in [0.25, 0.3) is 11.8 Å². The van der Waals surface area contributed by atoms with Gasteiger partial charge in [-0.1, -0.05) is 32.5 Å². The summed E-state index contributed by atoms with van der Waals surface area (Å²) >= 11 is 1.66. The highest BCUT2D eigenvalue weighted by Gasteiger charge is 2.43. The van der Waals surface area contributed by atoms with Crippen LogP contribution in [0.1, 0.15) is 63.4 Å². The number of thioether (sulfide) groups is 1. The van der Waals surface area contributed by atoms with E-state index in [2.05, 4.69) is 25.8 Å². The Labute approximate surface area is 209 Å². The molecule has 2 atom stereocenters.